The van der Waals surface area contributed by atoms with Gasteiger partial charge >= 0.3 is 0 Å². The van der Waals surface area contributed by atoms with Crippen LogP contribution in [0.5, 0.6) is 0 Å². The molecule has 5 rings (SSSR count). The van der Waals surface area contributed by atoms with E-state index in [9.17, 15) is 13.2 Å². The quantitative estimate of drug-likeness (QED) is 0.444. The number of rotatable bonds is 5. The van der Waals surface area contributed by atoms with Crippen LogP contribution >= 0.6 is 0 Å². The molecule has 8 heteroatoms. The summed E-state index contributed by atoms with van der Waals surface area (Å²) in [6.07, 6.45) is 1.44. The van der Waals surface area contributed by atoms with E-state index in [4.69, 9.17) is 4.98 Å². The first kappa shape index (κ1) is 21.8. The number of fused-ring (bicyclic) bond motifs is 1. The maximum Gasteiger partial charge on any atom is 0.262 e. The standard InChI is InChI=1S/C26H22N4O3S/c31-26(28-19-10-6-11-20(16-19)34(32,33)30-25-14-7-15-27-25)22-17-24(18-8-2-1-3-9-18)29-23-13-5-4-12-21(22)23/h1-6,8-13,16-17H,7,14-15H2,(H,27,30)(H,28,31). The molecule has 7 nitrogen and oxygen atoms in total. The molecule has 0 fully saturated rings. The number of para-hydroxylation sites is 1. The zero-order chi connectivity index (χ0) is 23.5. The molecule has 0 unspecified atom stereocenters. The fraction of sp³-hybridized carbons (Fsp3) is 0.115. The molecule has 2 heterocycles. The summed E-state index contributed by atoms with van der Waals surface area (Å²) in [5.41, 5.74) is 3.12. The lowest BCUT2D eigenvalue weighted by molar-refractivity contribution is 0.102. The fourth-order valence-corrected chi connectivity index (χ4v) is 5.03. The average molecular weight is 471 g/mol. The van der Waals surface area contributed by atoms with Crippen LogP contribution in [0.3, 0.4) is 0 Å². The number of pyridine rings is 1. The number of hydrogen-bond acceptors (Lipinski definition) is 5. The minimum absolute atomic E-state index is 0.0597. The first-order chi connectivity index (χ1) is 16.5. The Morgan fingerprint density at radius 3 is 2.47 bits per heavy atom. The van der Waals surface area contributed by atoms with Crippen LogP contribution in [0.1, 0.15) is 23.2 Å². The lowest BCUT2D eigenvalue weighted by atomic mass is 10.0. The number of anilines is 1. The molecule has 0 radical (unpaired) electrons. The Kier molecular flexibility index (Phi) is 5.81. The first-order valence-corrected chi connectivity index (χ1v) is 12.4. The molecule has 3 aromatic carbocycles. The normalized spacial score (nSPS) is 13.5. The molecule has 0 aliphatic carbocycles. The van der Waals surface area contributed by atoms with Gasteiger partial charge < -0.3 is 5.32 Å². The molecule has 34 heavy (non-hydrogen) atoms. The summed E-state index contributed by atoms with van der Waals surface area (Å²) >= 11 is 0. The Morgan fingerprint density at radius 2 is 1.68 bits per heavy atom. The van der Waals surface area contributed by atoms with Crippen molar-refractivity contribution < 1.29 is 13.2 Å². The average Bonchev–Trinajstić information content (AvgIpc) is 3.36. The lowest BCUT2D eigenvalue weighted by Crippen LogP contribution is -2.29. The van der Waals surface area contributed by atoms with Crippen molar-refractivity contribution in [1.82, 2.24) is 9.71 Å². The highest BCUT2D eigenvalue weighted by Crippen LogP contribution is 2.26. The molecule has 0 saturated carbocycles. The minimum atomic E-state index is -3.79. The minimum Gasteiger partial charge on any atom is -0.322 e. The second-order valence-electron chi connectivity index (χ2n) is 7.96. The maximum atomic E-state index is 13.3. The Balaban J connectivity index is 1.47. The third-order valence-electron chi connectivity index (χ3n) is 5.56. The number of carbonyl (C=O) groups is 1. The highest BCUT2D eigenvalue weighted by molar-refractivity contribution is 7.90. The Hall–Kier alpha value is -4.04. The van der Waals surface area contributed by atoms with Crippen LogP contribution in [0.15, 0.2) is 94.8 Å². The molecule has 0 bridgehead atoms. The lowest BCUT2D eigenvalue weighted by Gasteiger charge is -2.12. The van der Waals surface area contributed by atoms with Gasteiger partial charge in [-0.25, -0.2) is 13.4 Å². The number of nitrogens with one attached hydrogen (secondary N) is 2. The van der Waals surface area contributed by atoms with Crippen LogP contribution in [0.25, 0.3) is 22.2 Å². The molecule has 1 aromatic heterocycles. The molecular formula is C26H22N4O3S. The van der Waals surface area contributed by atoms with Crippen LogP contribution < -0.4 is 10.0 Å². The monoisotopic (exact) mass is 470 g/mol. The number of amides is 1. The highest BCUT2D eigenvalue weighted by atomic mass is 32.2. The maximum absolute atomic E-state index is 13.3. The summed E-state index contributed by atoms with van der Waals surface area (Å²) in [6.45, 7) is 0.624. The molecular weight excluding hydrogens is 448 g/mol. The van der Waals surface area contributed by atoms with Crippen molar-refractivity contribution in [3.8, 4) is 11.3 Å². The van der Waals surface area contributed by atoms with Gasteiger partial charge in [-0.15, -0.1) is 0 Å². The second kappa shape index (κ2) is 9.07. The predicted octanol–water partition coefficient (Wildman–Crippen LogP) is 4.62. The molecule has 0 saturated heterocycles. The SMILES string of the molecule is O=C(Nc1cccc(S(=O)(=O)NC2=NCCC2)c1)c1cc(-c2ccccc2)nc2ccccc12. The van der Waals surface area contributed by atoms with Crippen molar-refractivity contribution in [3.63, 3.8) is 0 Å². The van der Waals surface area contributed by atoms with Crippen molar-refractivity contribution >= 4 is 38.4 Å². The molecule has 0 spiro atoms. The van der Waals surface area contributed by atoms with E-state index in [0.29, 0.717) is 46.6 Å². The molecule has 1 amide bonds. The van der Waals surface area contributed by atoms with Crippen molar-refractivity contribution in [2.45, 2.75) is 17.7 Å². The van der Waals surface area contributed by atoms with Crippen LogP contribution in [0.4, 0.5) is 5.69 Å². The molecule has 1 aliphatic rings. The Morgan fingerprint density at radius 1 is 0.882 bits per heavy atom. The zero-order valence-corrected chi connectivity index (χ0v) is 19.0. The van der Waals surface area contributed by atoms with E-state index in [1.807, 2.05) is 54.6 Å². The van der Waals surface area contributed by atoms with Gasteiger partial charge in [0, 0.05) is 29.6 Å². The van der Waals surface area contributed by atoms with Crippen LogP contribution in [-0.4, -0.2) is 31.7 Å². The van der Waals surface area contributed by atoms with E-state index in [0.717, 1.165) is 12.0 Å². The third kappa shape index (κ3) is 4.53. The van der Waals surface area contributed by atoms with E-state index in [1.54, 1.807) is 18.2 Å². The van der Waals surface area contributed by atoms with Gasteiger partial charge in [0.2, 0.25) is 0 Å². The smallest absolute Gasteiger partial charge is 0.262 e. The van der Waals surface area contributed by atoms with Crippen LogP contribution in [0.2, 0.25) is 0 Å². The number of sulfonamides is 1. The van der Waals surface area contributed by atoms with Crippen molar-refractivity contribution in [2.24, 2.45) is 4.99 Å². The topological polar surface area (TPSA) is 101 Å². The van der Waals surface area contributed by atoms with Gasteiger partial charge in [-0.3, -0.25) is 14.5 Å². The number of aromatic nitrogens is 1. The van der Waals surface area contributed by atoms with Crippen molar-refractivity contribution in [1.29, 1.82) is 0 Å². The van der Waals surface area contributed by atoms with Crippen LogP contribution in [0, 0.1) is 0 Å². The molecule has 1 aliphatic heterocycles. The highest BCUT2D eigenvalue weighted by Gasteiger charge is 2.20. The summed E-state index contributed by atoms with van der Waals surface area (Å²) in [5, 5.41) is 3.56. The second-order valence-corrected chi connectivity index (χ2v) is 9.64. The van der Waals surface area contributed by atoms with Gasteiger partial charge in [-0.1, -0.05) is 54.6 Å². The summed E-state index contributed by atoms with van der Waals surface area (Å²) in [4.78, 5) is 22.3. The van der Waals surface area contributed by atoms with Gasteiger partial charge in [-0.2, -0.15) is 0 Å². The number of aliphatic imine (C=N–C) groups is 1. The van der Waals surface area contributed by atoms with E-state index in [-0.39, 0.29) is 10.8 Å². The van der Waals surface area contributed by atoms with Gasteiger partial charge in [0.15, 0.2) is 0 Å². The van der Waals surface area contributed by atoms with E-state index in [1.165, 1.54) is 12.1 Å². The molecule has 4 aromatic rings. The van der Waals surface area contributed by atoms with E-state index >= 15 is 0 Å². The van der Waals surface area contributed by atoms with Gasteiger partial charge in [0.25, 0.3) is 15.9 Å². The largest absolute Gasteiger partial charge is 0.322 e. The molecule has 2 N–H and O–H groups in total. The summed E-state index contributed by atoms with van der Waals surface area (Å²) in [7, 11) is -3.79. The van der Waals surface area contributed by atoms with E-state index in [2.05, 4.69) is 15.0 Å². The Labute approximate surface area is 197 Å². The Bertz CT molecular complexity index is 1520. The zero-order valence-electron chi connectivity index (χ0n) is 18.2. The molecule has 170 valence electrons. The van der Waals surface area contributed by atoms with Crippen LogP contribution in [-0.2, 0) is 10.0 Å². The third-order valence-corrected chi connectivity index (χ3v) is 6.94. The van der Waals surface area contributed by atoms with Crippen molar-refractivity contribution in [2.75, 3.05) is 11.9 Å². The number of carbonyl (C=O) groups excluding carboxylic acids is 1. The van der Waals surface area contributed by atoms with Crippen molar-refractivity contribution in [3.05, 3.63) is 90.5 Å². The van der Waals surface area contributed by atoms with E-state index < -0.39 is 10.0 Å². The summed E-state index contributed by atoms with van der Waals surface area (Å²) in [5.74, 6) is 0.115. The number of hydrogen-bond donors (Lipinski definition) is 2. The first-order valence-electron chi connectivity index (χ1n) is 10.9. The van der Waals surface area contributed by atoms with Gasteiger partial charge in [0.05, 0.1) is 21.7 Å². The fourth-order valence-electron chi connectivity index (χ4n) is 3.90. The summed E-state index contributed by atoms with van der Waals surface area (Å²) < 4.78 is 28.1. The van der Waals surface area contributed by atoms with Gasteiger partial charge in [0.1, 0.15) is 5.84 Å². The number of nitrogens with zero attached hydrogens (tertiary/aromatic N) is 2. The molecule has 0 atom stereocenters. The van der Waals surface area contributed by atoms with Gasteiger partial charge in [-0.05, 0) is 36.8 Å². The number of amidine groups is 1. The number of benzene rings is 3. The summed E-state index contributed by atoms with van der Waals surface area (Å²) in [6, 6.07) is 25.0. The predicted molar refractivity (Wildman–Crippen MR) is 133 cm³/mol.